The van der Waals surface area contributed by atoms with E-state index in [9.17, 15) is 0 Å². The lowest BCUT2D eigenvalue weighted by atomic mass is 10.4. The highest BCUT2D eigenvalue weighted by molar-refractivity contribution is 4.40. The molecule has 50 valence electrons. The van der Waals surface area contributed by atoms with E-state index in [1.165, 1.54) is 0 Å². The summed E-state index contributed by atoms with van der Waals surface area (Å²) in [6.07, 6.45) is -0.199. The Morgan fingerprint density at radius 2 is 2.38 bits per heavy atom. The molecule has 0 aromatic rings. The van der Waals surface area contributed by atoms with Gasteiger partial charge in [-0.1, -0.05) is 0 Å². The second-order valence-electron chi connectivity index (χ2n) is 1.55. The van der Waals surface area contributed by atoms with Crippen molar-refractivity contribution in [1.29, 1.82) is 0 Å². The summed E-state index contributed by atoms with van der Waals surface area (Å²) < 4.78 is 4.90. The van der Waals surface area contributed by atoms with Crippen molar-refractivity contribution in [2.45, 2.75) is 19.6 Å². The molecule has 0 aliphatic carbocycles. The van der Waals surface area contributed by atoms with Crippen molar-refractivity contribution < 1.29 is 9.84 Å². The molecule has 0 fully saturated rings. The van der Waals surface area contributed by atoms with Crippen molar-refractivity contribution in [2.75, 3.05) is 13.2 Å². The Balaban J connectivity index is 2.72. The molecule has 0 aliphatic heterocycles. The van der Waals surface area contributed by atoms with Gasteiger partial charge >= 0.3 is 0 Å². The van der Waals surface area contributed by atoms with Crippen LogP contribution < -0.4 is 5.73 Å². The Morgan fingerprint density at radius 1 is 1.75 bits per heavy atom. The summed E-state index contributed by atoms with van der Waals surface area (Å²) in [6, 6.07) is 0. The maximum Gasteiger partial charge on any atom is 0.104 e. The third-order valence-corrected chi connectivity index (χ3v) is 0.762. The first kappa shape index (κ1) is 7.88. The van der Waals surface area contributed by atoms with Gasteiger partial charge in [0.25, 0.3) is 0 Å². The van der Waals surface area contributed by atoms with Crippen LogP contribution in [-0.4, -0.2) is 24.5 Å². The fourth-order valence-electron chi connectivity index (χ4n) is 0.348. The third kappa shape index (κ3) is 5.88. The van der Waals surface area contributed by atoms with Crippen molar-refractivity contribution in [3.8, 4) is 0 Å². The van der Waals surface area contributed by atoms with Gasteiger partial charge in [-0.2, -0.15) is 0 Å². The van der Waals surface area contributed by atoms with Crippen LogP contribution in [0.15, 0.2) is 0 Å². The fourth-order valence-corrected chi connectivity index (χ4v) is 0.348. The second-order valence-corrected chi connectivity index (χ2v) is 1.55. The SMILES string of the molecule is CCOCC[C@H](N)O. The van der Waals surface area contributed by atoms with Crippen LogP contribution in [0.5, 0.6) is 0 Å². The summed E-state index contributed by atoms with van der Waals surface area (Å²) in [5, 5.41) is 8.48. The maximum absolute atomic E-state index is 8.48. The van der Waals surface area contributed by atoms with Crippen molar-refractivity contribution in [2.24, 2.45) is 5.73 Å². The van der Waals surface area contributed by atoms with Crippen LogP contribution in [0, 0.1) is 0 Å². The summed E-state index contributed by atoms with van der Waals surface area (Å²) in [4.78, 5) is 0. The Labute approximate surface area is 49.4 Å². The minimum absolute atomic E-state index is 0.522. The summed E-state index contributed by atoms with van der Waals surface area (Å²) in [7, 11) is 0. The number of ether oxygens (including phenoxy) is 1. The largest absolute Gasteiger partial charge is 0.382 e. The topological polar surface area (TPSA) is 55.5 Å². The lowest BCUT2D eigenvalue weighted by Gasteiger charge is -2.02. The second kappa shape index (κ2) is 5.03. The highest BCUT2D eigenvalue weighted by atomic mass is 16.5. The van der Waals surface area contributed by atoms with Crippen molar-refractivity contribution in [3.63, 3.8) is 0 Å². The lowest BCUT2D eigenvalue weighted by Crippen LogP contribution is -2.20. The van der Waals surface area contributed by atoms with Crippen LogP contribution in [0.2, 0.25) is 0 Å². The smallest absolute Gasteiger partial charge is 0.104 e. The molecule has 0 saturated heterocycles. The van der Waals surface area contributed by atoms with Gasteiger partial charge in [-0.15, -0.1) is 0 Å². The zero-order chi connectivity index (χ0) is 6.41. The fraction of sp³-hybridized carbons (Fsp3) is 1.00. The predicted molar refractivity (Wildman–Crippen MR) is 31.3 cm³/mol. The molecular weight excluding hydrogens is 106 g/mol. The quantitative estimate of drug-likeness (QED) is 0.394. The van der Waals surface area contributed by atoms with Gasteiger partial charge in [0.05, 0.1) is 6.61 Å². The van der Waals surface area contributed by atoms with Gasteiger partial charge in [0.15, 0.2) is 0 Å². The van der Waals surface area contributed by atoms with E-state index in [2.05, 4.69) is 0 Å². The van der Waals surface area contributed by atoms with Gasteiger partial charge in [0.1, 0.15) is 6.23 Å². The van der Waals surface area contributed by atoms with E-state index in [0.29, 0.717) is 19.6 Å². The molecule has 0 bridgehead atoms. The first-order valence-corrected chi connectivity index (χ1v) is 2.78. The molecule has 0 unspecified atom stereocenters. The molecule has 0 spiro atoms. The zero-order valence-electron chi connectivity index (χ0n) is 5.13. The van der Waals surface area contributed by atoms with E-state index >= 15 is 0 Å². The molecule has 0 heterocycles. The number of aliphatic hydroxyl groups is 1. The lowest BCUT2D eigenvalue weighted by molar-refractivity contribution is 0.0917. The van der Waals surface area contributed by atoms with Gasteiger partial charge in [-0.25, -0.2) is 0 Å². The van der Waals surface area contributed by atoms with Crippen LogP contribution in [0.25, 0.3) is 0 Å². The van der Waals surface area contributed by atoms with Gasteiger partial charge in [-0.3, -0.25) is 0 Å². The summed E-state index contributed by atoms with van der Waals surface area (Å²) in [5.41, 5.74) is 5.01. The molecule has 0 rings (SSSR count). The molecule has 0 amide bonds. The van der Waals surface area contributed by atoms with E-state index in [1.54, 1.807) is 0 Å². The van der Waals surface area contributed by atoms with Crippen molar-refractivity contribution >= 4 is 0 Å². The average Bonchev–Trinajstić information content (AvgIpc) is 1.66. The Morgan fingerprint density at radius 3 is 2.75 bits per heavy atom. The molecule has 0 aromatic carbocycles. The van der Waals surface area contributed by atoms with E-state index in [1.807, 2.05) is 6.92 Å². The molecule has 0 radical (unpaired) electrons. The van der Waals surface area contributed by atoms with Gasteiger partial charge in [0, 0.05) is 13.0 Å². The summed E-state index contributed by atoms with van der Waals surface area (Å²) in [5.74, 6) is 0. The molecule has 0 saturated carbocycles. The van der Waals surface area contributed by atoms with Crippen LogP contribution in [-0.2, 0) is 4.74 Å². The summed E-state index contributed by atoms with van der Waals surface area (Å²) in [6.45, 7) is 3.14. The number of hydrogen-bond donors (Lipinski definition) is 2. The van der Waals surface area contributed by atoms with E-state index in [4.69, 9.17) is 15.6 Å². The molecule has 8 heavy (non-hydrogen) atoms. The van der Waals surface area contributed by atoms with E-state index < -0.39 is 6.23 Å². The minimum atomic E-state index is -0.721. The van der Waals surface area contributed by atoms with E-state index in [0.717, 1.165) is 0 Å². The molecule has 3 nitrogen and oxygen atoms in total. The highest BCUT2D eigenvalue weighted by Crippen LogP contribution is 1.83. The molecule has 0 aliphatic rings. The molecular formula is C5H13NO2. The highest BCUT2D eigenvalue weighted by Gasteiger charge is 1.92. The number of rotatable bonds is 4. The Kier molecular flexibility index (Phi) is 4.95. The van der Waals surface area contributed by atoms with Gasteiger partial charge < -0.3 is 15.6 Å². The maximum atomic E-state index is 8.48. The van der Waals surface area contributed by atoms with Crippen LogP contribution in [0.4, 0.5) is 0 Å². The van der Waals surface area contributed by atoms with E-state index in [-0.39, 0.29) is 0 Å². The molecule has 0 aromatic heterocycles. The van der Waals surface area contributed by atoms with Crippen molar-refractivity contribution in [3.05, 3.63) is 0 Å². The van der Waals surface area contributed by atoms with Crippen LogP contribution in [0.1, 0.15) is 13.3 Å². The predicted octanol–water partition coefficient (Wildman–Crippen LogP) is -0.310. The first-order chi connectivity index (χ1) is 3.77. The third-order valence-electron chi connectivity index (χ3n) is 0.762. The van der Waals surface area contributed by atoms with Gasteiger partial charge in [0.2, 0.25) is 0 Å². The molecule has 1 atom stereocenters. The zero-order valence-corrected chi connectivity index (χ0v) is 5.13. The standard InChI is InChI=1S/C5H13NO2/c1-2-8-4-3-5(6)7/h5,7H,2-4,6H2,1H3/t5-/m1/s1. The number of aliphatic hydroxyl groups excluding tert-OH is 1. The summed E-state index contributed by atoms with van der Waals surface area (Å²) >= 11 is 0. The Bertz CT molecular complexity index is 47.7. The number of hydrogen-bond acceptors (Lipinski definition) is 3. The van der Waals surface area contributed by atoms with Crippen molar-refractivity contribution in [1.82, 2.24) is 0 Å². The van der Waals surface area contributed by atoms with Gasteiger partial charge in [-0.05, 0) is 6.92 Å². The minimum Gasteiger partial charge on any atom is -0.382 e. The average molecular weight is 119 g/mol. The van der Waals surface area contributed by atoms with Crippen LogP contribution in [0.3, 0.4) is 0 Å². The van der Waals surface area contributed by atoms with Crippen LogP contribution >= 0.6 is 0 Å². The molecule has 3 heteroatoms. The normalized spacial score (nSPS) is 13.9. The Hall–Kier alpha value is -0.120. The monoisotopic (exact) mass is 119 g/mol. The molecule has 3 N–H and O–H groups in total. The first-order valence-electron chi connectivity index (χ1n) is 2.78. The number of nitrogens with two attached hydrogens (primary N) is 1.